The van der Waals surface area contributed by atoms with Gasteiger partial charge >= 0.3 is 0 Å². The predicted octanol–water partition coefficient (Wildman–Crippen LogP) is 2.45. The van der Waals surface area contributed by atoms with Gasteiger partial charge in [-0.25, -0.2) is 0 Å². The van der Waals surface area contributed by atoms with Crippen LogP contribution in [0.2, 0.25) is 0 Å². The van der Waals surface area contributed by atoms with Gasteiger partial charge in [-0.3, -0.25) is 14.5 Å². The van der Waals surface area contributed by atoms with Gasteiger partial charge in [0.1, 0.15) is 0 Å². The normalized spacial score (nSPS) is 18.6. The summed E-state index contributed by atoms with van der Waals surface area (Å²) < 4.78 is 0. The van der Waals surface area contributed by atoms with Crippen LogP contribution in [0, 0.1) is 0 Å². The second kappa shape index (κ2) is 7.46. The largest absolute Gasteiger partial charge is 0.353 e. The molecule has 0 aromatic heterocycles. The van der Waals surface area contributed by atoms with Gasteiger partial charge in [-0.15, -0.1) is 0 Å². The number of nitrogens with zero attached hydrogens (tertiary/aromatic N) is 1. The SMILES string of the molecule is CC(C)(C)NC(=O)C[C@H]1C(=O)NCCN1Cc1ccc2ccccc2c1. The summed E-state index contributed by atoms with van der Waals surface area (Å²) in [4.78, 5) is 26.8. The van der Waals surface area contributed by atoms with Crippen molar-refractivity contribution < 1.29 is 9.59 Å². The number of piperazine rings is 1. The molecule has 0 unspecified atom stereocenters. The lowest BCUT2D eigenvalue weighted by molar-refractivity contribution is -0.134. The Bertz CT molecular complexity index is 810. The fourth-order valence-corrected chi connectivity index (χ4v) is 3.39. The van der Waals surface area contributed by atoms with E-state index in [1.807, 2.05) is 32.9 Å². The van der Waals surface area contributed by atoms with E-state index in [0.717, 1.165) is 12.1 Å². The Morgan fingerprint density at radius 2 is 1.92 bits per heavy atom. The minimum atomic E-state index is -0.433. The summed E-state index contributed by atoms with van der Waals surface area (Å²) in [6.45, 7) is 7.84. The van der Waals surface area contributed by atoms with Crippen LogP contribution in [0.5, 0.6) is 0 Å². The van der Waals surface area contributed by atoms with Crippen molar-refractivity contribution in [2.75, 3.05) is 13.1 Å². The Morgan fingerprint density at radius 1 is 1.19 bits per heavy atom. The highest BCUT2D eigenvalue weighted by Gasteiger charge is 2.32. The van der Waals surface area contributed by atoms with Crippen molar-refractivity contribution >= 4 is 22.6 Å². The van der Waals surface area contributed by atoms with E-state index in [1.165, 1.54) is 10.8 Å². The average molecular weight is 353 g/mol. The molecule has 1 atom stereocenters. The lowest BCUT2D eigenvalue weighted by Gasteiger charge is -2.35. The molecule has 1 aliphatic heterocycles. The van der Waals surface area contributed by atoms with Gasteiger partial charge in [-0.1, -0.05) is 36.4 Å². The molecule has 2 aromatic carbocycles. The van der Waals surface area contributed by atoms with Crippen molar-refractivity contribution in [3.63, 3.8) is 0 Å². The number of hydrogen-bond acceptors (Lipinski definition) is 3. The van der Waals surface area contributed by atoms with Crippen LogP contribution in [0.4, 0.5) is 0 Å². The van der Waals surface area contributed by atoms with Crippen molar-refractivity contribution in [2.24, 2.45) is 0 Å². The Morgan fingerprint density at radius 3 is 2.65 bits per heavy atom. The van der Waals surface area contributed by atoms with Crippen LogP contribution in [0.1, 0.15) is 32.8 Å². The molecule has 0 aliphatic carbocycles. The van der Waals surface area contributed by atoms with Crippen LogP contribution in [0.15, 0.2) is 42.5 Å². The molecule has 1 aliphatic rings. The highest BCUT2D eigenvalue weighted by molar-refractivity contribution is 5.89. The zero-order valence-electron chi connectivity index (χ0n) is 15.7. The smallest absolute Gasteiger partial charge is 0.237 e. The van der Waals surface area contributed by atoms with E-state index in [2.05, 4.69) is 45.9 Å². The molecule has 5 heteroatoms. The van der Waals surface area contributed by atoms with Gasteiger partial charge in [0, 0.05) is 25.2 Å². The van der Waals surface area contributed by atoms with Crippen molar-refractivity contribution in [1.82, 2.24) is 15.5 Å². The molecule has 1 fully saturated rings. The molecular weight excluding hydrogens is 326 g/mol. The van der Waals surface area contributed by atoms with Crippen LogP contribution in [0.3, 0.4) is 0 Å². The molecule has 0 bridgehead atoms. The zero-order valence-corrected chi connectivity index (χ0v) is 15.7. The first kappa shape index (κ1) is 18.4. The third-order valence-corrected chi connectivity index (χ3v) is 4.53. The number of nitrogens with one attached hydrogen (secondary N) is 2. The van der Waals surface area contributed by atoms with Crippen LogP contribution in [-0.4, -0.2) is 41.4 Å². The fraction of sp³-hybridized carbons (Fsp3) is 0.429. The molecule has 0 radical (unpaired) electrons. The average Bonchev–Trinajstić information content (AvgIpc) is 2.56. The van der Waals surface area contributed by atoms with Gasteiger partial charge in [-0.05, 0) is 43.2 Å². The summed E-state index contributed by atoms with van der Waals surface area (Å²) >= 11 is 0. The highest BCUT2D eigenvalue weighted by atomic mass is 16.2. The van der Waals surface area contributed by atoms with E-state index >= 15 is 0 Å². The lowest BCUT2D eigenvalue weighted by Crippen LogP contribution is -2.56. The van der Waals surface area contributed by atoms with Gasteiger partial charge < -0.3 is 10.6 Å². The van der Waals surface area contributed by atoms with Gasteiger partial charge in [-0.2, -0.15) is 0 Å². The summed E-state index contributed by atoms with van der Waals surface area (Å²) in [7, 11) is 0. The third kappa shape index (κ3) is 4.61. The molecule has 5 nitrogen and oxygen atoms in total. The van der Waals surface area contributed by atoms with Crippen molar-refractivity contribution in [2.45, 2.75) is 45.3 Å². The van der Waals surface area contributed by atoms with E-state index < -0.39 is 6.04 Å². The Balaban J connectivity index is 1.74. The first-order chi connectivity index (χ1) is 12.3. The molecule has 0 saturated carbocycles. The molecule has 2 N–H and O–H groups in total. The molecular formula is C21H27N3O2. The molecule has 2 aromatic rings. The number of fused-ring (bicyclic) bond motifs is 1. The predicted molar refractivity (Wildman–Crippen MR) is 104 cm³/mol. The van der Waals surface area contributed by atoms with E-state index in [4.69, 9.17) is 0 Å². The second-order valence-electron chi connectivity index (χ2n) is 7.96. The van der Waals surface area contributed by atoms with Gasteiger partial charge in [0.05, 0.1) is 12.5 Å². The lowest BCUT2D eigenvalue weighted by atomic mass is 10.0. The minimum absolute atomic E-state index is 0.0684. The number of carbonyl (C=O) groups excluding carboxylic acids is 2. The highest BCUT2D eigenvalue weighted by Crippen LogP contribution is 2.19. The van der Waals surface area contributed by atoms with Crippen LogP contribution in [-0.2, 0) is 16.1 Å². The van der Waals surface area contributed by atoms with Crippen LogP contribution >= 0.6 is 0 Å². The molecule has 0 spiro atoms. The Labute approximate surface area is 154 Å². The molecule has 1 saturated heterocycles. The Hall–Kier alpha value is -2.40. The number of hydrogen-bond donors (Lipinski definition) is 2. The first-order valence-electron chi connectivity index (χ1n) is 9.12. The number of benzene rings is 2. The van der Waals surface area contributed by atoms with Gasteiger partial charge in [0.15, 0.2) is 0 Å². The van der Waals surface area contributed by atoms with Crippen LogP contribution in [0.25, 0.3) is 10.8 Å². The molecule has 3 rings (SSSR count). The summed E-state index contributed by atoms with van der Waals surface area (Å²) in [5.41, 5.74) is 0.852. The van der Waals surface area contributed by atoms with Gasteiger partial charge in [0.25, 0.3) is 0 Å². The summed E-state index contributed by atoms with van der Waals surface area (Å²) in [5.74, 6) is -0.163. The molecule has 2 amide bonds. The van der Waals surface area contributed by atoms with E-state index in [-0.39, 0.29) is 23.8 Å². The standard InChI is InChI=1S/C21H27N3O2/c1-21(2,3)23-19(25)13-18-20(26)22-10-11-24(18)14-15-8-9-16-6-4-5-7-17(16)12-15/h4-9,12,18H,10-11,13-14H2,1-3H3,(H,22,26)(H,23,25)/t18-/m0/s1. The number of rotatable bonds is 4. The number of amides is 2. The quantitative estimate of drug-likeness (QED) is 0.888. The summed E-state index contributed by atoms with van der Waals surface area (Å²) in [6, 6.07) is 14.2. The Kier molecular flexibility index (Phi) is 5.28. The van der Waals surface area contributed by atoms with E-state index in [1.54, 1.807) is 0 Å². The van der Waals surface area contributed by atoms with E-state index in [9.17, 15) is 9.59 Å². The maximum absolute atomic E-state index is 12.4. The molecule has 26 heavy (non-hydrogen) atoms. The molecule has 138 valence electrons. The topological polar surface area (TPSA) is 61.4 Å². The monoisotopic (exact) mass is 353 g/mol. The zero-order chi connectivity index (χ0) is 18.7. The summed E-state index contributed by atoms with van der Waals surface area (Å²) in [5, 5.41) is 8.23. The maximum Gasteiger partial charge on any atom is 0.237 e. The number of carbonyl (C=O) groups is 2. The second-order valence-corrected chi connectivity index (χ2v) is 7.96. The van der Waals surface area contributed by atoms with Gasteiger partial charge in [0.2, 0.25) is 11.8 Å². The minimum Gasteiger partial charge on any atom is -0.353 e. The van der Waals surface area contributed by atoms with Crippen molar-refractivity contribution in [1.29, 1.82) is 0 Å². The molecule has 1 heterocycles. The van der Waals surface area contributed by atoms with E-state index in [0.29, 0.717) is 13.1 Å². The first-order valence-corrected chi connectivity index (χ1v) is 9.12. The van der Waals surface area contributed by atoms with Crippen molar-refractivity contribution in [3.8, 4) is 0 Å². The fourth-order valence-electron chi connectivity index (χ4n) is 3.39. The van der Waals surface area contributed by atoms with Crippen molar-refractivity contribution in [3.05, 3.63) is 48.0 Å². The third-order valence-electron chi connectivity index (χ3n) is 4.53. The van der Waals surface area contributed by atoms with Crippen LogP contribution < -0.4 is 10.6 Å². The summed E-state index contributed by atoms with van der Waals surface area (Å²) in [6.07, 6.45) is 0.177. The maximum atomic E-state index is 12.4.